The minimum Gasteiger partial charge on any atom is -0.356 e. The molecule has 94 valence electrons. The molecule has 17 heavy (non-hydrogen) atoms. The van der Waals surface area contributed by atoms with E-state index in [1.807, 2.05) is 19.2 Å². The van der Waals surface area contributed by atoms with Gasteiger partial charge in [0.1, 0.15) is 5.82 Å². The van der Waals surface area contributed by atoms with E-state index in [0.29, 0.717) is 0 Å². The van der Waals surface area contributed by atoms with Crippen LogP contribution in [-0.2, 0) is 0 Å². The van der Waals surface area contributed by atoms with Gasteiger partial charge in [-0.25, -0.2) is 4.98 Å². The molecule has 1 atom stereocenters. The molecule has 0 aromatic carbocycles. The molecular weight excluding hydrogens is 210 g/mol. The molecule has 0 saturated heterocycles. The van der Waals surface area contributed by atoms with Gasteiger partial charge in [-0.15, -0.1) is 0 Å². The van der Waals surface area contributed by atoms with Gasteiger partial charge < -0.3 is 10.6 Å². The van der Waals surface area contributed by atoms with Gasteiger partial charge in [0.05, 0.1) is 0 Å². The first kappa shape index (κ1) is 12.4. The first-order chi connectivity index (χ1) is 8.22. The predicted octanol–water partition coefficient (Wildman–Crippen LogP) is 2.73. The van der Waals surface area contributed by atoms with E-state index >= 15 is 0 Å². The number of pyridine rings is 1. The summed E-state index contributed by atoms with van der Waals surface area (Å²) in [6.07, 6.45) is 5.78. The highest BCUT2D eigenvalue weighted by molar-refractivity contribution is 5.48. The van der Waals surface area contributed by atoms with Crippen molar-refractivity contribution in [1.29, 1.82) is 0 Å². The summed E-state index contributed by atoms with van der Waals surface area (Å²) in [7, 11) is 0. The minimum absolute atomic E-state index is 0.0530. The molecule has 1 saturated carbocycles. The first-order valence-corrected chi connectivity index (χ1v) is 6.67. The molecule has 3 nitrogen and oxygen atoms in total. The first-order valence-electron chi connectivity index (χ1n) is 6.67. The zero-order valence-corrected chi connectivity index (χ0v) is 10.9. The number of hydrogen-bond acceptors (Lipinski definition) is 3. The summed E-state index contributed by atoms with van der Waals surface area (Å²) in [5.74, 6) is 1.97. The molecule has 1 fully saturated rings. The third-order valence-electron chi connectivity index (χ3n) is 3.28. The molecule has 1 heterocycles. The van der Waals surface area contributed by atoms with E-state index in [1.165, 1.54) is 18.4 Å². The molecule has 0 aliphatic heterocycles. The van der Waals surface area contributed by atoms with Gasteiger partial charge in [-0.1, -0.05) is 13.0 Å². The molecule has 3 heteroatoms. The van der Waals surface area contributed by atoms with Crippen LogP contribution in [0.5, 0.6) is 0 Å². The van der Waals surface area contributed by atoms with Crippen LogP contribution in [0.1, 0.15) is 44.7 Å². The molecule has 1 unspecified atom stereocenters. The van der Waals surface area contributed by atoms with Gasteiger partial charge in [0.25, 0.3) is 0 Å². The van der Waals surface area contributed by atoms with Gasteiger partial charge in [0.2, 0.25) is 0 Å². The Kier molecular flexibility index (Phi) is 4.00. The van der Waals surface area contributed by atoms with Crippen LogP contribution in [0.3, 0.4) is 0 Å². The third-order valence-corrected chi connectivity index (χ3v) is 3.28. The van der Waals surface area contributed by atoms with Crippen LogP contribution in [0.2, 0.25) is 0 Å². The highest BCUT2D eigenvalue weighted by Crippen LogP contribution is 2.32. The number of rotatable bonds is 6. The Balaban J connectivity index is 2.20. The van der Waals surface area contributed by atoms with E-state index in [1.54, 1.807) is 0 Å². The van der Waals surface area contributed by atoms with Crippen molar-refractivity contribution in [2.75, 3.05) is 18.0 Å². The number of hydrogen-bond donors (Lipinski definition) is 1. The second-order valence-electron chi connectivity index (χ2n) is 5.09. The lowest BCUT2D eigenvalue weighted by molar-refractivity contribution is 0.686. The zero-order valence-electron chi connectivity index (χ0n) is 10.9. The van der Waals surface area contributed by atoms with Crippen LogP contribution < -0.4 is 10.6 Å². The molecule has 1 aliphatic rings. The van der Waals surface area contributed by atoms with Crippen molar-refractivity contribution in [3.8, 4) is 0 Å². The lowest BCUT2D eigenvalue weighted by Gasteiger charge is -2.26. The fraction of sp³-hybridized carbons (Fsp3) is 0.643. The molecule has 1 aliphatic carbocycles. The summed E-state index contributed by atoms with van der Waals surface area (Å²) in [6.45, 7) is 6.47. The smallest absolute Gasteiger partial charge is 0.133 e. The molecule has 2 rings (SSSR count). The normalized spacial score (nSPS) is 16.9. The van der Waals surface area contributed by atoms with Crippen molar-refractivity contribution < 1.29 is 0 Å². The fourth-order valence-electron chi connectivity index (χ4n) is 2.19. The average Bonchev–Trinajstić information content (AvgIpc) is 3.12. The summed E-state index contributed by atoms with van der Waals surface area (Å²) in [4.78, 5) is 6.96. The van der Waals surface area contributed by atoms with E-state index < -0.39 is 0 Å². The van der Waals surface area contributed by atoms with Gasteiger partial charge in [-0.3, -0.25) is 0 Å². The minimum atomic E-state index is 0.0530. The SMILES string of the molecule is CCCN(CC1CC1)c1ncccc1C(C)N. The molecule has 0 bridgehead atoms. The molecule has 1 aromatic rings. The summed E-state index contributed by atoms with van der Waals surface area (Å²) in [6, 6.07) is 4.13. The maximum Gasteiger partial charge on any atom is 0.133 e. The van der Waals surface area contributed by atoms with E-state index in [9.17, 15) is 0 Å². The summed E-state index contributed by atoms with van der Waals surface area (Å²) >= 11 is 0. The highest BCUT2D eigenvalue weighted by atomic mass is 15.2. The molecule has 1 aromatic heterocycles. The van der Waals surface area contributed by atoms with Crippen LogP contribution in [0.4, 0.5) is 5.82 Å². The Morgan fingerprint density at radius 2 is 2.29 bits per heavy atom. The maximum absolute atomic E-state index is 6.03. The van der Waals surface area contributed by atoms with Crippen LogP contribution >= 0.6 is 0 Å². The van der Waals surface area contributed by atoms with Crippen LogP contribution in [-0.4, -0.2) is 18.1 Å². The predicted molar refractivity (Wildman–Crippen MR) is 72.1 cm³/mol. The largest absolute Gasteiger partial charge is 0.356 e. The van der Waals surface area contributed by atoms with E-state index in [4.69, 9.17) is 5.73 Å². The maximum atomic E-state index is 6.03. The van der Waals surface area contributed by atoms with Gasteiger partial charge in [-0.05, 0) is 38.2 Å². The highest BCUT2D eigenvalue weighted by Gasteiger charge is 2.25. The lowest BCUT2D eigenvalue weighted by atomic mass is 10.1. The van der Waals surface area contributed by atoms with Gasteiger partial charge in [-0.2, -0.15) is 0 Å². The number of anilines is 1. The van der Waals surface area contributed by atoms with E-state index in [0.717, 1.165) is 31.2 Å². The van der Waals surface area contributed by atoms with Gasteiger partial charge in [0.15, 0.2) is 0 Å². The fourth-order valence-corrected chi connectivity index (χ4v) is 2.19. The topological polar surface area (TPSA) is 42.2 Å². The standard InChI is InChI=1S/C14H23N3/c1-3-9-17(10-12-6-7-12)14-13(11(2)15)5-4-8-16-14/h4-5,8,11-12H,3,6-7,9-10,15H2,1-2H3. The molecule has 0 spiro atoms. The quantitative estimate of drug-likeness (QED) is 0.821. The Labute approximate surface area is 104 Å². The van der Waals surface area contributed by atoms with Crippen LogP contribution in [0.15, 0.2) is 18.3 Å². The number of nitrogens with two attached hydrogens (primary N) is 1. The summed E-state index contributed by atoms with van der Waals surface area (Å²) in [5, 5.41) is 0. The average molecular weight is 233 g/mol. The van der Waals surface area contributed by atoms with Crippen molar-refractivity contribution in [3.63, 3.8) is 0 Å². The van der Waals surface area contributed by atoms with E-state index in [2.05, 4.69) is 22.9 Å². The monoisotopic (exact) mass is 233 g/mol. The van der Waals surface area contributed by atoms with Crippen LogP contribution in [0.25, 0.3) is 0 Å². The lowest BCUT2D eigenvalue weighted by Crippen LogP contribution is -2.29. The second-order valence-corrected chi connectivity index (χ2v) is 5.09. The second kappa shape index (κ2) is 5.50. The Morgan fingerprint density at radius 1 is 1.53 bits per heavy atom. The Bertz CT molecular complexity index is 358. The molecular formula is C14H23N3. The zero-order chi connectivity index (χ0) is 12.3. The van der Waals surface area contributed by atoms with E-state index in [-0.39, 0.29) is 6.04 Å². The van der Waals surface area contributed by atoms with Crippen molar-refractivity contribution in [3.05, 3.63) is 23.9 Å². The van der Waals surface area contributed by atoms with Crippen molar-refractivity contribution >= 4 is 5.82 Å². The summed E-state index contributed by atoms with van der Waals surface area (Å²) in [5.41, 5.74) is 7.20. The van der Waals surface area contributed by atoms with Crippen molar-refractivity contribution in [2.24, 2.45) is 11.7 Å². The van der Waals surface area contributed by atoms with Gasteiger partial charge in [0, 0.05) is 30.9 Å². The van der Waals surface area contributed by atoms with Crippen LogP contribution in [0, 0.1) is 5.92 Å². The molecule has 0 amide bonds. The third kappa shape index (κ3) is 3.19. The molecule has 2 N–H and O–H groups in total. The Hall–Kier alpha value is -1.09. The van der Waals surface area contributed by atoms with Gasteiger partial charge >= 0.3 is 0 Å². The Morgan fingerprint density at radius 3 is 2.88 bits per heavy atom. The van der Waals surface area contributed by atoms with Crippen molar-refractivity contribution in [1.82, 2.24) is 4.98 Å². The summed E-state index contributed by atoms with van der Waals surface area (Å²) < 4.78 is 0. The van der Waals surface area contributed by atoms with Crippen molar-refractivity contribution in [2.45, 2.75) is 39.2 Å². The number of aromatic nitrogens is 1. The number of nitrogens with zero attached hydrogens (tertiary/aromatic N) is 2. The molecule has 0 radical (unpaired) electrons.